The van der Waals surface area contributed by atoms with Crippen LogP contribution in [0.3, 0.4) is 0 Å². The van der Waals surface area contributed by atoms with Gasteiger partial charge in [0, 0.05) is 20.9 Å². The fourth-order valence-corrected chi connectivity index (χ4v) is 2.45. The highest BCUT2D eigenvalue weighted by Gasteiger charge is 2.15. The number of nitro groups is 1. The Kier molecular flexibility index (Phi) is 5.55. The van der Waals surface area contributed by atoms with Crippen LogP contribution in [-0.2, 0) is 0 Å². The summed E-state index contributed by atoms with van der Waals surface area (Å²) < 4.78 is 14.1. The molecule has 2 aromatic rings. The minimum Gasteiger partial charge on any atom is -0.332 e. The van der Waals surface area contributed by atoms with Crippen molar-refractivity contribution in [3.63, 3.8) is 0 Å². The van der Waals surface area contributed by atoms with Gasteiger partial charge in [-0.25, -0.2) is 0 Å². The Labute approximate surface area is 149 Å². The molecule has 0 aromatic heterocycles. The van der Waals surface area contributed by atoms with Gasteiger partial charge in [-0.05, 0) is 65.1 Å². The largest absolute Gasteiger partial charge is 0.332 e. The Hall–Kier alpha value is -2.14. The SMILES string of the molecule is O=C(NC(=S)Nc1ccc(F)c([N+](=O)[O-])c1)c1cccc(I)c1. The average Bonchev–Trinajstić information content (AvgIpc) is 2.48. The van der Waals surface area contributed by atoms with Gasteiger partial charge in [-0.3, -0.25) is 20.2 Å². The van der Waals surface area contributed by atoms with E-state index in [0.29, 0.717) is 5.56 Å². The van der Waals surface area contributed by atoms with Crippen LogP contribution in [0.2, 0.25) is 0 Å². The molecule has 0 aliphatic heterocycles. The highest BCUT2D eigenvalue weighted by molar-refractivity contribution is 14.1. The van der Waals surface area contributed by atoms with Crippen molar-refractivity contribution in [1.82, 2.24) is 5.32 Å². The third-order valence-corrected chi connectivity index (χ3v) is 3.59. The highest BCUT2D eigenvalue weighted by atomic mass is 127. The van der Waals surface area contributed by atoms with E-state index in [1.54, 1.807) is 18.2 Å². The van der Waals surface area contributed by atoms with Crippen LogP contribution >= 0.6 is 34.8 Å². The molecule has 2 aromatic carbocycles. The van der Waals surface area contributed by atoms with Crippen molar-refractivity contribution >= 4 is 57.2 Å². The molecule has 0 saturated heterocycles. The Morgan fingerprint density at radius 3 is 2.65 bits per heavy atom. The van der Waals surface area contributed by atoms with Gasteiger partial charge in [-0.2, -0.15) is 4.39 Å². The van der Waals surface area contributed by atoms with Crippen LogP contribution in [0.25, 0.3) is 0 Å². The molecule has 1 amide bonds. The molecular formula is C14H9FIN3O3S. The van der Waals surface area contributed by atoms with Gasteiger partial charge in [0.15, 0.2) is 5.11 Å². The maximum Gasteiger partial charge on any atom is 0.306 e. The van der Waals surface area contributed by atoms with Gasteiger partial charge in [0.05, 0.1) is 4.92 Å². The van der Waals surface area contributed by atoms with Gasteiger partial charge in [-0.15, -0.1) is 0 Å². The summed E-state index contributed by atoms with van der Waals surface area (Å²) in [5.74, 6) is -1.37. The number of hydrogen-bond acceptors (Lipinski definition) is 4. The van der Waals surface area contributed by atoms with Crippen LogP contribution in [0.1, 0.15) is 10.4 Å². The summed E-state index contributed by atoms with van der Waals surface area (Å²) in [7, 11) is 0. The molecule has 2 rings (SSSR count). The first-order chi connectivity index (χ1) is 10.9. The fourth-order valence-electron chi connectivity index (χ4n) is 1.70. The van der Waals surface area contributed by atoms with E-state index in [0.717, 1.165) is 15.7 Å². The quantitative estimate of drug-likeness (QED) is 0.327. The normalized spacial score (nSPS) is 10.0. The first-order valence-corrected chi connectivity index (χ1v) is 7.67. The zero-order valence-electron chi connectivity index (χ0n) is 11.4. The van der Waals surface area contributed by atoms with E-state index in [9.17, 15) is 19.3 Å². The Bertz CT molecular complexity index is 801. The molecule has 0 radical (unpaired) electrons. The maximum absolute atomic E-state index is 13.3. The van der Waals surface area contributed by atoms with E-state index in [4.69, 9.17) is 12.2 Å². The predicted octanol–water partition coefficient (Wildman–Crippen LogP) is 3.47. The lowest BCUT2D eigenvalue weighted by molar-refractivity contribution is -0.387. The lowest BCUT2D eigenvalue weighted by Gasteiger charge is -2.09. The maximum atomic E-state index is 13.3. The number of thiocarbonyl (C=S) groups is 1. The number of benzene rings is 2. The molecule has 0 unspecified atom stereocenters. The molecule has 0 heterocycles. The molecule has 0 bridgehead atoms. The molecule has 0 spiro atoms. The van der Waals surface area contributed by atoms with E-state index < -0.39 is 22.3 Å². The van der Waals surface area contributed by atoms with Crippen LogP contribution in [0, 0.1) is 19.5 Å². The second-order valence-electron chi connectivity index (χ2n) is 4.34. The lowest BCUT2D eigenvalue weighted by Crippen LogP contribution is -2.34. The van der Waals surface area contributed by atoms with Crippen LogP contribution in [-0.4, -0.2) is 15.9 Å². The number of amides is 1. The molecule has 118 valence electrons. The van der Waals surface area contributed by atoms with Gasteiger partial charge in [0.1, 0.15) is 0 Å². The first kappa shape index (κ1) is 17.2. The fraction of sp³-hybridized carbons (Fsp3) is 0. The number of anilines is 1. The summed E-state index contributed by atoms with van der Waals surface area (Å²) in [5.41, 5.74) is -0.0566. The van der Waals surface area contributed by atoms with Gasteiger partial charge in [-0.1, -0.05) is 6.07 Å². The lowest BCUT2D eigenvalue weighted by atomic mass is 10.2. The molecule has 0 aliphatic carbocycles. The molecule has 23 heavy (non-hydrogen) atoms. The van der Waals surface area contributed by atoms with E-state index in [1.807, 2.05) is 6.07 Å². The van der Waals surface area contributed by atoms with E-state index in [1.165, 1.54) is 6.07 Å². The van der Waals surface area contributed by atoms with Crippen molar-refractivity contribution in [3.05, 3.63) is 67.5 Å². The zero-order chi connectivity index (χ0) is 17.0. The zero-order valence-corrected chi connectivity index (χ0v) is 14.4. The Balaban J connectivity index is 2.06. The molecule has 2 N–H and O–H groups in total. The number of nitrogens with zero attached hydrogens (tertiary/aromatic N) is 1. The summed E-state index contributed by atoms with van der Waals surface area (Å²) in [6.45, 7) is 0. The number of carbonyl (C=O) groups excluding carboxylic acids is 1. The Morgan fingerprint density at radius 2 is 2.00 bits per heavy atom. The van der Waals surface area contributed by atoms with Crippen molar-refractivity contribution in [1.29, 1.82) is 0 Å². The van der Waals surface area contributed by atoms with Gasteiger partial charge >= 0.3 is 5.69 Å². The van der Waals surface area contributed by atoms with Crippen molar-refractivity contribution in [3.8, 4) is 0 Å². The van der Waals surface area contributed by atoms with E-state index >= 15 is 0 Å². The Morgan fingerprint density at radius 1 is 1.26 bits per heavy atom. The van der Waals surface area contributed by atoms with Crippen molar-refractivity contribution in [2.75, 3.05) is 5.32 Å². The standard InChI is InChI=1S/C14H9FIN3O3S/c15-11-5-4-10(7-12(11)19(21)22)17-14(23)18-13(20)8-2-1-3-9(16)6-8/h1-7H,(H2,17,18,20,23). The molecule has 0 atom stereocenters. The van der Waals surface area contributed by atoms with Crippen molar-refractivity contribution < 1.29 is 14.1 Å². The summed E-state index contributed by atoms with van der Waals surface area (Å²) in [4.78, 5) is 21.9. The van der Waals surface area contributed by atoms with Crippen molar-refractivity contribution in [2.45, 2.75) is 0 Å². The second-order valence-corrected chi connectivity index (χ2v) is 6.00. The highest BCUT2D eigenvalue weighted by Crippen LogP contribution is 2.21. The summed E-state index contributed by atoms with van der Waals surface area (Å²) in [5, 5.41) is 15.7. The number of halogens is 2. The molecule has 0 saturated carbocycles. The van der Waals surface area contributed by atoms with Crippen LogP contribution in [0.5, 0.6) is 0 Å². The third-order valence-electron chi connectivity index (χ3n) is 2.71. The number of nitro benzene ring substituents is 1. The van der Waals surface area contributed by atoms with Gasteiger partial charge < -0.3 is 5.32 Å². The third kappa shape index (κ3) is 4.66. The molecule has 0 aliphatic rings. The number of rotatable bonds is 3. The van der Waals surface area contributed by atoms with Gasteiger partial charge in [0.25, 0.3) is 5.91 Å². The number of carbonyl (C=O) groups is 1. The summed E-state index contributed by atoms with van der Waals surface area (Å²) >= 11 is 7.05. The monoisotopic (exact) mass is 445 g/mol. The molecule has 0 fully saturated rings. The molecule has 9 heteroatoms. The van der Waals surface area contributed by atoms with Crippen LogP contribution in [0.4, 0.5) is 15.8 Å². The second kappa shape index (κ2) is 7.42. The average molecular weight is 445 g/mol. The number of hydrogen-bond donors (Lipinski definition) is 2. The smallest absolute Gasteiger partial charge is 0.306 e. The van der Waals surface area contributed by atoms with E-state index in [-0.39, 0.29) is 10.8 Å². The topological polar surface area (TPSA) is 84.3 Å². The van der Waals surface area contributed by atoms with Crippen LogP contribution < -0.4 is 10.6 Å². The predicted molar refractivity (Wildman–Crippen MR) is 95.9 cm³/mol. The summed E-state index contributed by atoms with van der Waals surface area (Å²) in [6, 6.07) is 10.1. The minimum atomic E-state index is -0.950. The van der Waals surface area contributed by atoms with Gasteiger partial charge in [0.2, 0.25) is 5.82 Å². The van der Waals surface area contributed by atoms with Crippen molar-refractivity contribution in [2.24, 2.45) is 0 Å². The summed E-state index contributed by atoms with van der Waals surface area (Å²) in [6.07, 6.45) is 0. The first-order valence-electron chi connectivity index (χ1n) is 6.18. The van der Waals surface area contributed by atoms with E-state index in [2.05, 4.69) is 33.2 Å². The van der Waals surface area contributed by atoms with Crippen LogP contribution in [0.15, 0.2) is 42.5 Å². The minimum absolute atomic E-state index is 0.0465. The number of nitrogens with one attached hydrogen (secondary N) is 2. The molecular weight excluding hydrogens is 436 g/mol. The molecule has 6 nitrogen and oxygen atoms in total.